The third-order valence-corrected chi connectivity index (χ3v) is 2.98. The standard InChI is InChI=1S/C14H14ClNO/c1-10-7-12(15)4-5-13(10)14(17)8-11-3-2-6-16-9-11/h2-7,9,14,17H,8H2,1H3. The van der Waals surface area contributed by atoms with Crippen LogP contribution in [0.25, 0.3) is 0 Å². The zero-order valence-corrected chi connectivity index (χ0v) is 10.4. The Kier molecular flexibility index (Phi) is 3.77. The van der Waals surface area contributed by atoms with Gasteiger partial charge in [-0.25, -0.2) is 0 Å². The maximum absolute atomic E-state index is 10.2. The largest absolute Gasteiger partial charge is 0.388 e. The number of rotatable bonds is 3. The summed E-state index contributed by atoms with van der Waals surface area (Å²) in [6, 6.07) is 9.37. The Balaban J connectivity index is 2.17. The normalized spacial score (nSPS) is 12.4. The van der Waals surface area contributed by atoms with E-state index >= 15 is 0 Å². The summed E-state index contributed by atoms with van der Waals surface area (Å²) in [6.07, 6.45) is 3.55. The zero-order chi connectivity index (χ0) is 12.3. The highest BCUT2D eigenvalue weighted by Gasteiger charge is 2.11. The molecular formula is C14H14ClNO. The molecule has 0 radical (unpaired) electrons. The van der Waals surface area contributed by atoms with Crippen LogP contribution >= 0.6 is 11.6 Å². The fraction of sp³-hybridized carbons (Fsp3) is 0.214. The van der Waals surface area contributed by atoms with Crippen LogP contribution in [-0.2, 0) is 6.42 Å². The number of nitrogens with zero attached hydrogens (tertiary/aromatic N) is 1. The average molecular weight is 248 g/mol. The van der Waals surface area contributed by atoms with Crippen molar-refractivity contribution in [2.45, 2.75) is 19.4 Å². The first-order valence-corrected chi connectivity index (χ1v) is 5.87. The van der Waals surface area contributed by atoms with Gasteiger partial charge in [0.1, 0.15) is 0 Å². The number of hydrogen-bond donors (Lipinski definition) is 1. The Morgan fingerprint density at radius 1 is 1.35 bits per heavy atom. The Bertz CT molecular complexity index is 499. The maximum atomic E-state index is 10.2. The van der Waals surface area contributed by atoms with Gasteiger partial charge in [0, 0.05) is 23.8 Å². The summed E-state index contributed by atoms with van der Waals surface area (Å²) in [5.74, 6) is 0. The summed E-state index contributed by atoms with van der Waals surface area (Å²) in [5.41, 5.74) is 2.95. The summed E-state index contributed by atoms with van der Waals surface area (Å²) in [6.45, 7) is 1.95. The topological polar surface area (TPSA) is 33.1 Å². The van der Waals surface area contributed by atoms with Crippen LogP contribution in [0.4, 0.5) is 0 Å². The molecule has 0 saturated carbocycles. The van der Waals surface area contributed by atoms with Crippen LogP contribution in [0.15, 0.2) is 42.7 Å². The number of aliphatic hydroxyl groups is 1. The van der Waals surface area contributed by atoms with Crippen LogP contribution in [0.2, 0.25) is 5.02 Å². The smallest absolute Gasteiger partial charge is 0.0833 e. The molecule has 0 fully saturated rings. The molecule has 0 aliphatic heterocycles. The van der Waals surface area contributed by atoms with Gasteiger partial charge in [0.25, 0.3) is 0 Å². The van der Waals surface area contributed by atoms with Gasteiger partial charge in [0.15, 0.2) is 0 Å². The van der Waals surface area contributed by atoms with E-state index in [0.29, 0.717) is 11.4 Å². The lowest BCUT2D eigenvalue weighted by Gasteiger charge is -2.13. The minimum absolute atomic E-state index is 0.517. The van der Waals surface area contributed by atoms with Crippen LogP contribution in [0.1, 0.15) is 22.8 Å². The van der Waals surface area contributed by atoms with E-state index in [1.54, 1.807) is 18.5 Å². The van der Waals surface area contributed by atoms with E-state index in [9.17, 15) is 5.11 Å². The van der Waals surface area contributed by atoms with Gasteiger partial charge in [-0.2, -0.15) is 0 Å². The van der Waals surface area contributed by atoms with Crippen LogP contribution in [0.5, 0.6) is 0 Å². The minimum Gasteiger partial charge on any atom is -0.388 e. The van der Waals surface area contributed by atoms with E-state index in [-0.39, 0.29) is 0 Å². The molecule has 2 aromatic rings. The second-order valence-corrected chi connectivity index (χ2v) is 4.52. The fourth-order valence-electron chi connectivity index (χ4n) is 1.87. The molecule has 88 valence electrons. The predicted molar refractivity (Wildman–Crippen MR) is 69.1 cm³/mol. The number of hydrogen-bond acceptors (Lipinski definition) is 2. The van der Waals surface area contributed by atoms with Crippen LogP contribution in [-0.4, -0.2) is 10.1 Å². The molecule has 1 unspecified atom stereocenters. The highest BCUT2D eigenvalue weighted by Crippen LogP contribution is 2.23. The molecule has 0 amide bonds. The lowest BCUT2D eigenvalue weighted by molar-refractivity contribution is 0.177. The summed E-state index contributed by atoms with van der Waals surface area (Å²) < 4.78 is 0. The number of benzene rings is 1. The average Bonchev–Trinajstić information content (AvgIpc) is 2.30. The molecule has 0 aliphatic rings. The van der Waals surface area contributed by atoms with Crippen LogP contribution in [0.3, 0.4) is 0 Å². The number of aromatic nitrogens is 1. The molecule has 1 N–H and O–H groups in total. The van der Waals surface area contributed by atoms with Crippen molar-refractivity contribution in [2.75, 3.05) is 0 Å². The summed E-state index contributed by atoms with van der Waals surface area (Å²) in [5, 5.41) is 10.9. The molecule has 1 atom stereocenters. The third kappa shape index (κ3) is 3.05. The molecule has 0 bridgehead atoms. The number of aryl methyl sites for hydroxylation is 1. The number of pyridine rings is 1. The van der Waals surface area contributed by atoms with Gasteiger partial charge >= 0.3 is 0 Å². The van der Waals surface area contributed by atoms with E-state index in [2.05, 4.69) is 4.98 Å². The van der Waals surface area contributed by atoms with Crippen molar-refractivity contribution in [3.8, 4) is 0 Å². The molecular weight excluding hydrogens is 234 g/mol. The van der Waals surface area contributed by atoms with Crippen molar-refractivity contribution in [3.05, 3.63) is 64.4 Å². The second kappa shape index (κ2) is 5.30. The molecule has 2 rings (SSSR count). The minimum atomic E-state index is -0.517. The van der Waals surface area contributed by atoms with E-state index in [4.69, 9.17) is 11.6 Å². The highest BCUT2D eigenvalue weighted by molar-refractivity contribution is 6.30. The van der Waals surface area contributed by atoms with Gasteiger partial charge in [-0.15, -0.1) is 0 Å². The quantitative estimate of drug-likeness (QED) is 0.903. The molecule has 0 saturated heterocycles. The van der Waals surface area contributed by atoms with Gasteiger partial charge in [-0.1, -0.05) is 23.7 Å². The third-order valence-electron chi connectivity index (χ3n) is 2.74. The first-order valence-electron chi connectivity index (χ1n) is 5.50. The first-order chi connectivity index (χ1) is 8.16. The Hall–Kier alpha value is -1.38. The Labute approximate surface area is 106 Å². The van der Waals surface area contributed by atoms with Crippen molar-refractivity contribution in [2.24, 2.45) is 0 Å². The van der Waals surface area contributed by atoms with E-state index in [0.717, 1.165) is 16.7 Å². The number of aliphatic hydroxyl groups excluding tert-OH is 1. The van der Waals surface area contributed by atoms with Gasteiger partial charge in [0.05, 0.1) is 6.10 Å². The Morgan fingerprint density at radius 2 is 2.18 bits per heavy atom. The fourth-order valence-corrected chi connectivity index (χ4v) is 2.09. The van der Waals surface area contributed by atoms with Gasteiger partial charge < -0.3 is 5.11 Å². The van der Waals surface area contributed by atoms with Gasteiger partial charge in [-0.3, -0.25) is 4.98 Å². The van der Waals surface area contributed by atoms with Crippen LogP contribution in [0, 0.1) is 6.92 Å². The number of halogens is 1. The summed E-state index contributed by atoms with van der Waals surface area (Å²) in [7, 11) is 0. The molecule has 1 aromatic heterocycles. The van der Waals surface area contributed by atoms with Crippen molar-refractivity contribution >= 4 is 11.6 Å². The van der Waals surface area contributed by atoms with Crippen molar-refractivity contribution in [1.82, 2.24) is 4.98 Å². The molecule has 0 aliphatic carbocycles. The van der Waals surface area contributed by atoms with E-state index in [1.165, 1.54) is 0 Å². The summed E-state index contributed by atoms with van der Waals surface area (Å²) >= 11 is 5.89. The molecule has 2 nitrogen and oxygen atoms in total. The van der Waals surface area contributed by atoms with Gasteiger partial charge in [0.2, 0.25) is 0 Å². The van der Waals surface area contributed by atoms with Gasteiger partial charge in [-0.05, 0) is 41.8 Å². The van der Waals surface area contributed by atoms with E-state index in [1.807, 2.05) is 31.2 Å². The first kappa shape index (κ1) is 12.1. The second-order valence-electron chi connectivity index (χ2n) is 4.08. The summed E-state index contributed by atoms with van der Waals surface area (Å²) in [4.78, 5) is 4.04. The SMILES string of the molecule is Cc1cc(Cl)ccc1C(O)Cc1cccnc1. The Morgan fingerprint density at radius 3 is 2.82 bits per heavy atom. The molecule has 1 aromatic carbocycles. The van der Waals surface area contributed by atoms with Crippen molar-refractivity contribution < 1.29 is 5.11 Å². The van der Waals surface area contributed by atoms with Crippen LogP contribution < -0.4 is 0 Å². The molecule has 1 heterocycles. The molecule has 3 heteroatoms. The van der Waals surface area contributed by atoms with E-state index < -0.39 is 6.10 Å². The lowest BCUT2D eigenvalue weighted by atomic mass is 9.98. The molecule has 0 spiro atoms. The predicted octanol–water partition coefficient (Wildman–Crippen LogP) is 3.32. The monoisotopic (exact) mass is 247 g/mol. The lowest BCUT2D eigenvalue weighted by Crippen LogP contribution is -2.04. The van der Waals surface area contributed by atoms with Crippen molar-refractivity contribution in [1.29, 1.82) is 0 Å². The maximum Gasteiger partial charge on any atom is 0.0833 e. The van der Waals surface area contributed by atoms with Crippen molar-refractivity contribution in [3.63, 3.8) is 0 Å². The zero-order valence-electron chi connectivity index (χ0n) is 9.60. The molecule has 17 heavy (non-hydrogen) atoms. The highest BCUT2D eigenvalue weighted by atomic mass is 35.5.